The quantitative estimate of drug-likeness (QED) is 0.600. The second-order valence-electron chi connectivity index (χ2n) is 6.16. The molecule has 1 aliphatic rings. The van der Waals surface area contributed by atoms with Crippen LogP contribution >= 0.6 is 0 Å². The molecular formula is C21H19O4-. The first-order valence-corrected chi connectivity index (χ1v) is 8.23. The van der Waals surface area contributed by atoms with Crippen molar-refractivity contribution < 1.29 is 19.4 Å². The summed E-state index contributed by atoms with van der Waals surface area (Å²) in [7, 11) is 0. The number of carbonyl (C=O) groups excluding carboxylic acids is 2. The number of carboxylic acids is 1. The lowest BCUT2D eigenvalue weighted by molar-refractivity contribution is -0.317. The smallest absolute Gasteiger partial charge is 0.310 e. The van der Waals surface area contributed by atoms with Gasteiger partial charge < -0.3 is 14.6 Å². The van der Waals surface area contributed by atoms with Crippen molar-refractivity contribution >= 4 is 11.9 Å². The van der Waals surface area contributed by atoms with Gasteiger partial charge in [-0.3, -0.25) is 4.79 Å². The van der Waals surface area contributed by atoms with E-state index in [9.17, 15) is 14.7 Å². The molecular weight excluding hydrogens is 316 g/mol. The number of rotatable bonds is 6. The van der Waals surface area contributed by atoms with E-state index in [-0.39, 0.29) is 6.61 Å². The minimum atomic E-state index is -1.14. The Hall–Kier alpha value is -2.88. The largest absolute Gasteiger partial charge is 0.550 e. The molecule has 0 aromatic heterocycles. The standard InChI is InChI=1S/C21H20O4/c1-2-13-25-21(24)19-16(14-9-5-3-6-10-14)18(20(22)23)17(19)15-11-7-4-8-12-15/h2-12,16-19H,1,13H2,(H,22,23)/p-1/t16-,17+,18?,19?. The fourth-order valence-corrected chi connectivity index (χ4v) is 3.75. The van der Waals surface area contributed by atoms with Crippen molar-refractivity contribution in [1.82, 2.24) is 0 Å². The van der Waals surface area contributed by atoms with Crippen LogP contribution < -0.4 is 5.11 Å². The number of aliphatic carboxylic acids is 1. The van der Waals surface area contributed by atoms with Gasteiger partial charge in [0.05, 0.1) is 5.92 Å². The molecule has 0 radical (unpaired) electrons. The van der Waals surface area contributed by atoms with Gasteiger partial charge in [-0.05, 0) is 11.1 Å². The molecule has 1 aliphatic carbocycles. The maximum atomic E-state index is 12.6. The van der Waals surface area contributed by atoms with Crippen molar-refractivity contribution in [3.63, 3.8) is 0 Å². The molecule has 2 aromatic rings. The van der Waals surface area contributed by atoms with Gasteiger partial charge in [-0.25, -0.2) is 0 Å². The van der Waals surface area contributed by atoms with Crippen LogP contribution in [-0.2, 0) is 14.3 Å². The van der Waals surface area contributed by atoms with Crippen LogP contribution in [0.5, 0.6) is 0 Å². The van der Waals surface area contributed by atoms with Gasteiger partial charge in [0.15, 0.2) is 0 Å². The van der Waals surface area contributed by atoms with Gasteiger partial charge in [0.1, 0.15) is 6.61 Å². The highest BCUT2D eigenvalue weighted by atomic mass is 16.5. The molecule has 4 nitrogen and oxygen atoms in total. The molecule has 1 saturated carbocycles. The zero-order valence-corrected chi connectivity index (χ0v) is 13.7. The third kappa shape index (κ3) is 3.20. The van der Waals surface area contributed by atoms with Crippen LogP contribution in [0.1, 0.15) is 23.0 Å². The summed E-state index contributed by atoms with van der Waals surface area (Å²) in [6.45, 7) is 3.66. The molecule has 0 spiro atoms. The second kappa shape index (κ2) is 7.34. The molecule has 0 amide bonds. The van der Waals surface area contributed by atoms with Crippen molar-refractivity contribution in [2.75, 3.05) is 6.61 Å². The number of ether oxygens (including phenoxy) is 1. The third-order valence-electron chi connectivity index (χ3n) is 4.80. The highest BCUT2D eigenvalue weighted by molar-refractivity contribution is 5.83. The Morgan fingerprint density at radius 3 is 1.80 bits per heavy atom. The van der Waals surface area contributed by atoms with E-state index in [1.165, 1.54) is 6.08 Å². The minimum Gasteiger partial charge on any atom is -0.550 e. The van der Waals surface area contributed by atoms with Gasteiger partial charge in [0, 0.05) is 23.7 Å². The second-order valence-corrected chi connectivity index (χ2v) is 6.16. The molecule has 0 aliphatic heterocycles. The number of carbonyl (C=O) groups is 2. The number of carboxylic acid groups (broad SMARTS) is 1. The highest BCUT2D eigenvalue weighted by Crippen LogP contribution is 2.57. The van der Waals surface area contributed by atoms with E-state index in [1.54, 1.807) is 0 Å². The Labute approximate surface area is 146 Å². The van der Waals surface area contributed by atoms with Crippen LogP contribution in [0, 0.1) is 11.8 Å². The normalized spacial score (nSPS) is 24.8. The van der Waals surface area contributed by atoms with Gasteiger partial charge in [-0.2, -0.15) is 0 Å². The Balaban J connectivity index is 2.01. The molecule has 2 aromatic carbocycles. The molecule has 3 rings (SSSR count). The topological polar surface area (TPSA) is 66.4 Å². The van der Waals surface area contributed by atoms with Crippen LogP contribution in [0.3, 0.4) is 0 Å². The fraction of sp³-hybridized carbons (Fsp3) is 0.238. The summed E-state index contributed by atoms with van der Waals surface area (Å²) >= 11 is 0. The fourth-order valence-electron chi connectivity index (χ4n) is 3.75. The van der Waals surface area contributed by atoms with E-state index in [4.69, 9.17) is 4.74 Å². The summed E-state index contributed by atoms with van der Waals surface area (Å²) in [5.74, 6) is -3.81. The predicted molar refractivity (Wildman–Crippen MR) is 91.5 cm³/mol. The maximum Gasteiger partial charge on any atom is 0.310 e. The van der Waals surface area contributed by atoms with Gasteiger partial charge in [0.25, 0.3) is 0 Å². The summed E-state index contributed by atoms with van der Waals surface area (Å²) in [5, 5.41) is 11.9. The van der Waals surface area contributed by atoms with Crippen molar-refractivity contribution in [3.8, 4) is 0 Å². The van der Waals surface area contributed by atoms with Gasteiger partial charge in [-0.1, -0.05) is 73.3 Å². The molecule has 0 bridgehead atoms. The lowest BCUT2D eigenvalue weighted by atomic mass is 9.52. The van der Waals surface area contributed by atoms with Crippen molar-refractivity contribution in [1.29, 1.82) is 0 Å². The molecule has 128 valence electrons. The number of esters is 1. The lowest BCUT2D eigenvalue weighted by Gasteiger charge is -2.51. The van der Waals surface area contributed by atoms with E-state index in [0.29, 0.717) is 0 Å². The first-order valence-electron chi connectivity index (χ1n) is 8.23. The first kappa shape index (κ1) is 17.0. The van der Waals surface area contributed by atoms with E-state index >= 15 is 0 Å². The molecule has 0 N–H and O–H groups in total. The lowest BCUT2D eigenvalue weighted by Crippen LogP contribution is -2.55. The Bertz CT molecular complexity index is 706. The predicted octanol–water partition coefficient (Wildman–Crippen LogP) is 2.28. The highest BCUT2D eigenvalue weighted by Gasteiger charge is 2.56. The summed E-state index contributed by atoms with van der Waals surface area (Å²) in [5.41, 5.74) is 1.62. The monoisotopic (exact) mass is 335 g/mol. The Morgan fingerprint density at radius 2 is 1.40 bits per heavy atom. The number of hydrogen-bond donors (Lipinski definition) is 0. The number of benzene rings is 2. The number of hydrogen-bond acceptors (Lipinski definition) is 4. The SMILES string of the molecule is C=CCOC(=O)C1[C@H](c2ccccc2)C(C(=O)[O-])[C@@H]1c1ccccc1. The molecule has 2 unspecified atom stereocenters. The Kier molecular flexibility index (Phi) is 4.98. The zero-order valence-electron chi connectivity index (χ0n) is 13.7. The van der Waals surface area contributed by atoms with Gasteiger partial charge in [-0.15, -0.1) is 0 Å². The summed E-state index contributed by atoms with van der Waals surface area (Å²) in [4.78, 5) is 24.5. The molecule has 4 atom stereocenters. The summed E-state index contributed by atoms with van der Waals surface area (Å²) < 4.78 is 5.26. The van der Waals surface area contributed by atoms with E-state index < -0.39 is 35.6 Å². The van der Waals surface area contributed by atoms with Crippen LogP contribution in [0.25, 0.3) is 0 Å². The molecule has 4 heteroatoms. The third-order valence-corrected chi connectivity index (χ3v) is 4.80. The van der Waals surface area contributed by atoms with Gasteiger partial charge in [0.2, 0.25) is 0 Å². The maximum absolute atomic E-state index is 12.6. The van der Waals surface area contributed by atoms with E-state index in [0.717, 1.165) is 11.1 Å². The van der Waals surface area contributed by atoms with Gasteiger partial charge >= 0.3 is 5.97 Å². The molecule has 25 heavy (non-hydrogen) atoms. The summed E-state index contributed by atoms with van der Waals surface area (Å²) in [6, 6.07) is 18.4. The van der Waals surface area contributed by atoms with Crippen LogP contribution in [0.2, 0.25) is 0 Å². The zero-order chi connectivity index (χ0) is 17.8. The average molecular weight is 335 g/mol. The molecule has 1 fully saturated rings. The van der Waals surface area contributed by atoms with Crippen LogP contribution in [-0.4, -0.2) is 18.5 Å². The van der Waals surface area contributed by atoms with Crippen molar-refractivity contribution in [2.24, 2.45) is 11.8 Å². The van der Waals surface area contributed by atoms with Crippen molar-refractivity contribution in [3.05, 3.63) is 84.4 Å². The summed E-state index contributed by atoms with van der Waals surface area (Å²) in [6.07, 6.45) is 1.50. The average Bonchev–Trinajstić information content (AvgIpc) is 2.60. The van der Waals surface area contributed by atoms with Crippen LogP contribution in [0.15, 0.2) is 73.3 Å². The van der Waals surface area contributed by atoms with E-state index in [1.807, 2.05) is 60.7 Å². The molecule has 0 heterocycles. The molecule has 0 saturated heterocycles. The van der Waals surface area contributed by atoms with E-state index in [2.05, 4.69) is 6.58 Å². The van der Waals surface area contributed by atoms with Crippen molar-refractivity contribution in [2.45, 2.75) is 11.8 Å². The first-order chi connectivity index (χ1) is 12.1. The Morgan fingerprint density at radius 1 is 0.920 bits per heavy atom. The van der Waals surface area contributed by atoms with Crippen LogP contribution in [0.4, 0.5) is 0 Å². The minimum absolute atomic E-state index is 0.105.